The molecule has 2 aromatic carbocycles. The van der Waals surface area contributed by atoms with Crippen LogP contribution in [0.2, 0.25) is 0 Å². The van der Waals surface area contributed by atoms with E-state index in [0.29, 0.717) is 23.6 Å². The Labute approximate surface area is 154 Å². The number of rotatable bonds is 8. The minimum atomic E-state index is -0.857. The summed E-state index contributed by atoms with van der Waals surface area (Å²) in [4.78, 5) is 24.5. The van der Waals surface area contributed by atoms with E-state index in [-0.39, 0.29) is 12.5 Å². The van der Waals surface area contributed by atoms with Crippen LogP contribution in [0.1, 0.15) is 36.7 Å². The van der Waals surface area contributed by atoms with E-state index >= 15 is 0 Å². The molecule has 0 spiro atoms. The lowest BCUT2D eigenvalue weighted by Gasteiger charge is -2.16. The maximum absolute atomic E-state index is 12.5. The van der Waals surface area contributed by atoms with Crippen LogP contribution in [-0.4, -0.2) is 24.5 Å². The molecule has 0 aromatic heterocycles. The van der Waals surface area contributed by atoms with Crippen LogP contribution in [0.4, 0.5) is 0 Å². The largest absolute Gasteiger partial charge is 0.489 e. The van der Waals surface area contributed by atoms with Crippen LogP contribution in [-0.2, 0) is 16.1 Å². The van der Waals surface area contributed by atoms with E-state index < -0.39 is 12.1 Å². The monoisotopic (exact) mass is 355 g/mol. The molecule has 1 N–H and O–H groups in total. The Bertz CT molecular complexity index is 728. The molecule has 1 amide bonds. The van der Waals surface area contributed by atoms with Crippen LogP contribution in [0.5, 0.6) is 5.75 Å². The SMILES string of the molecule is CC(C)CNC(=O)[C@@H](C)OC(=O)c1ccccc1COc1ccccc1. The van der Waals surface area contributed by atoms with Gasteiger partial charge in [0.2, 0.25) is 0 Å². The zero-order valence-corrected chi connectivity index (χ0v) is 15.4. The first-order chi connectivity index (χ1) is 12.5. The maximum atomic E-state index is 12.5. The van der Waals surface area contributed by atoms with Crippen molar-refractivity contribution in [2.75, 3.05) is 6.54 Å². The Morgan fingerprint density at radius 1 is 0.962 bits per heavy atom. The summed E-state index contributed by atoms with van der Waals surface area (Å²) in [5.74, 6) is 0.212. The van der Waals surface area contributed by atoms with E-state index in [2.05, 4.69) is 5.32 Å². The highest BCUT2D eigenvalue weighted by molar-refractivity contribution is 5.93. The Hall–Kier alpha value is -2.82. The van der Waals surface area contributed by atoms with E-state index in [4.69, 9.17) is 9.47 Å². The molecule has 0 heterocycles. The number of esters is 1. The molecule has 0 saturated heterocycles. The van der Waals surface area contributed by atoms with Crippen molar-refractivity contribution in [3.8, 4) is 5.75 Å². The predicted octanol–water partition coefficient (Wildman–Crippen LogP) is 3.58. The van der Waals surface area contributed by atoms with Crippen LogP contribution < -0.4 is 10.1 Å². The van der Waals surface area contributed by atoms with Crippen LogP contribution >= 0.6 is 0 Å². The molecule has 5 heteroatoms. The maximum Gasteiger partial charge on any atom is 0.339 e. The topological polar surface area (TPSA) is 64.6 Å². The average molecular weight is 355 g/mol. The smallest absolute Gasteiger partial charge is 0.339 e. The zero-order chi connectivity index (χ0) is 18.9. The van der Waals surface area contributed by atoms with Gasteiger partial charge in [-0.1, -0.05) is 50.2 Å². The van der Waals surface area contributed by atoms with Crippen molar-refractivity contribution in [2.24, 2.45) is 5.92 Å². The molecule has 0 saturated carbocycles. The third kappa shape index (κ3) is 5.92. The fourth-order valence-electron chi connectivity index (χ4n) is 2.25. The van der Waals surface area contributed by atoms with Gasteiger partial charge < -0.3 is 14.8 Å². The zero-order valence-electron chi connectivity index (χ0n) is 15.4. The summed E-state index contributed by atoms with van der Waals surface area (Å²) in [5, 5.41) is 2.76. The van der Waals surface area contributed by atoms with Gasteiger partial charge in [0, 0.05) is 12.1 Å². The number of carbonyl (C=O) groups excluding carboxylic acids is 2. The molecular formula is C21H25NO4. The highest BCUT2D eigenvalue weighted by Crippen LogP contribution is 2.16. The average Bonchev–Trinajstić information content (AvgIpc) is 2.65. The Morgan fingerprint density at radius 3 is 2.31 bits per heavy atom. The number of ether oxygens (including phenoxy) is 2. The summed E-state index contributed by atoms with van der Waals surface area (Å²) in [6.07, 6.45) is -0.857. The van der Waals surface area contributed by atoms with E-state index in [1.807, 2.05) is 56.3 Å². The Balaban J connectivity index is 1.99. The van der Waals surface area contributed by atoms with Crippen molar-refractivity contribution in [3.05, 3.63) is 65.7 Å². The molecule has 1 atom stereocenters. The summed E-state index contributed by atoms with van der Waals surface area (Å²) in [6.45, 7) is 6.35. The van der Waals surface area contributed by atoms with Crippen molar-refractivity contribution in [2.45, 2.75) is 33.5 Å². The molecule has 0 fully saturated rings. The number of benzene rings is 2. The van der Waals surface area contributed by atoms with Crippen molar-refractivity contribution < 1.29 is 19.1 Å². The molecule has 0 unspecified atom stereocenters. The van der Waals surface area contributed by atoms with Gasteiger partial charge in [0.1, 0.15) is 12.4 Å². The number of para-hydroxylation sites is 1. The fraction of sp³-hybridized carbons (Fsp3) is 0.333. The molecule has 2 aromatic rings. The highest BCUT2D eigenvalue weighted by atomic mass is 16.5. The molecule has 2 rings (SSSR count). The summed E-state index contributed by atoms with van der Waals surface area (Å²) in [5.41, 5.74) is 1.10. The molecular weight excluding hydrogens is 330 g/mol. The fourth-order valence-corrected chi connectivity index (χ4v) is 2.25. The van der Waals surface area contributed by atoms with Crippen molar-refractivity contribution in [1.29, 1.82) is 0 Å². The molecule has 0 bridgehead atoms. The second kappa shape index (κ2) is 9.61. The standard InChI is InChI=1S/C21H25NO4/c1-15(2)13-22-20(23)16(3)26-21(24)19-12-8-7-9-17(19)14-25-18-10-5-4-6-11-18/h4-12,15-16H,13-14H2,1-3H3,(H,22,23)/t16-/m1/s1. The second-order valence-corrected chi connectivity index (χ2v) is 6.45. The molecule has 0 radical (unpaired) electrons. The van der Waals surface area contributed by atoms with Crippen molar-refractivity contribution in [3.63, 3.8) is 0 Å². The van der Waals surface area contributed by atoms with Crippen LogP contribution in [0.3, 0.4) is 0 Å². The van der Waals surface area contributed by atoms with E-state index in [0.717, 1.165) is 5.75 Å². The van der Waals surface area contributed by atoms with Crippen LogP contribution in [0, 0.1) is 5.92 Å². The first-order valence-corrected chi connectivity index (χ1v) is 8.71. The van der Waals surface area contributed by atoms with Gasteiger partial charge in [-0.3, -0.25) is 4.79 Å². The van der Waals surface area contributed by atoms with Gasteiger partial charge in [-0.05, 0) is 31.0 Å². The second-order valence-electron chi connectivity index (χ2n) is 6.45. The number of amides is 1. The van der Waals surface area contributed by atoms with Gasteiger partial charge in [0.15, 0.2) is 6.10 Å². The number of nitrogens with one attached hydrogen (secondary N) is 1. The minimum absolute atomic E-state index is 0.239. The number of hydrogen-bond acceptors (Lipinski definition) is 4. The van der Waals surface area contributed by atoms with E-state index in [1.54, 1.807) is 19.1 Å². The van der Waals surface area contributed by atoms with E-state index in [9.17, 15) is 9.59 Å². The van der Waals surface area contributed by atoms with Crippen LogP contribution in [0.15, 0.2) is 54.6 Å². The molecule has 0 aliphatic rings. The van der Waals surface area contributed by atoms with Crippen molar-refractivity contribution >= 4 is 11.9 Å². The number of hydrogen-bond donors (Lipinski definition) is 1. The summed E-state index contributed by atoms with van der Waals surface area (Å²) in [6, 6.07) is 16.4. The van der Waals surface area contributed by atoms with Gasteiger partial charge in [-0.15, -0.1) is 0 Å². The Morgan fingerprint density at radius 2 is 1.62 bits per heavy atom. The van der Waals surface area contributed by atoms with Gasteiger partial charge in [-0.2, -0.15) is 0 Å². The lowest BCUT2D eigenvalue weighted by atomic mass is 10.1. The molecule has 26 heavy (non-hydrogen) atoms. The summed E-state index contributed by atoms with van der Waals surface area (Å²) >= 11 is 0. The third-order valence-electron chi connectivity index (χ3n) is 3.71. The first-order valence-electron chi connectivity index (χ1n) is 8.71. The van der Waals surface area contributed by atoms with Gasteiger partial charge in [0.25, 0.3) is 5.91 Å². The summed E-state index contributed by atoms with van der Waals surface area (Å²) < 4.78 is 11.0. The number of carbonyl (C=O) groups is 2. The molecule has 5 nitrogen and oxygen atoms in total. The minimum Gasteiger partial charge on any atom is -0.489 e. The Kier molecular flexibility index (Phi) is 7.21. The molecule has 0 aliphatic heterocycles. The highest BCUT2D eigenvalue weighted by Gasteiger charge is 2.20. The lowest BCUT2D eigenvalue weighted by molar-refractivity contribution is -0.129. The quantitative estimate of drug-likeness (QED) is 0.735. The molecule has 0 aliphatic carbocycles. The van der Waals surface area contributed by atoms with Crippen molar-refractivity contribution in [1.82, 2.24) is 5.32 Å². The predicted molar refractivity (Wildman–Crippen MR) is 99.9 cm³/mol. The van der Waals surface area contributed by atoms with Gasteiger partial charge >= 0.3 is 5.97 Å². The summed E-state index contributed by atoms with van der Waals surface area (Å²) in [7, 11) is 0. The van der Waals surface area contributed by atoms with Gasteiger partial charge in [-0.25, -0.2) is 4.79 Å². The normalized spacial score (nSPS) is 11.7. The van der Waals surface area contributed by atoms with Gasteiger partial charge in [0.05, 0.1) is 5.56 Å². The molecule has 138 valence electrons. The third-order valence-corrected chi connectivity index (χ3v) is 3.71. The lowest BCUT2D eigenvalue weighted by Crippen LogP contribution is -2.37. The van der Waals surface area contributed by atoms with E-state index in [1.165, 1.54) is 0 Å². The van der Waals surface area contributed by atoms with Crippen LogP contribution in [0.25, 0.3) is 0 Å². The first kappa shape index (κ1) is 19.5.